The summed E-state index contributed by atoms with van der Waals surface area (Å²) in [5, 5.41) is 22.7. The molecule has 29 heavy (non-hydrogen) atoms. The first-order valence-corrected chi connectivity index (χ1v) is 9.45. The molecule has 5 heteroatoms. The molecule has 5 nitrogen and oxygen atoms in total. The van der Waals surface area contributed by atoms with Crippen LogP contribution in [0.1, 0.15) is 23.6 Å². The summed E-state index contributed by atoms with van der Waals surface area (Å²) in [7, 11) is 0. The number of benzene rings is 3. The van der Waals surface area contributed by atoms with Crippen LogP contribution in [0.15, 0.2) is 78.9 Å². The Balaban J connectivity index is 2.02. The Morgan fingerprint density at radius 3 is 1.72 bits per heavy atom. The van der Waals surface area contributed by atoms with Gasteiger partial charge in [0, 0.05) is 0 Å². The van der Waals surface area contributed by atoms with Crippen molar-refractivity contribution in [3.05, 3.63) is 95.6 Å². The molecule has 0 bridgehead atoms. The van der Waals surface area contributed by atoms with E-state index < -0.39 is 29.4 Å². The molecule has 0 saturated heterocycles. The van der Waals surface area contributed by atoms with Crippen LogP contribution >= 0.6 is 0 Å². The second kappa shape index (κ2) is 7.18. The fraction of sp³-hybridized carbons (Fsp3) is 0.167. The van der Waals surface area contributed by atoms with Gasteiger partial charge < -0.3 is 10.2 Å². The van der Waals surface area contributed by atoms with Gasteiger partial charge in [-0.3, -0.25) is 14.9 Å². The minimum absolute atomic E-state index is 0.862. The van der Waals surface area contributed by atoms with E-state index in [0.717, 1.165) is 27.8 Å². The van der Waals surface area contributed by atoms with Gasteiger partial charge in [-0.1, -0.05) is 78.9 Å². The summed E-state index contributed by atoms with van der Waals surface area (Å²) in [4.78, 5) is 23.8. The van der Waals surface area contributed by atoms with Crippen molar-refractivity contribution in [3.8, 4) is 11.1 Å². The summed E-state index contributed by atoms with van der Waals surface area (Å²) in [6, 6.07) is 24.0. The molecule has 2 atom stereocenters. The van der Waals surface area contributed by atoms with Crippen molar-refractivity contribution >= 4 is 11.9 Å². The van der Waals surface area contributed by atoms with Gasteiger partial charge >= 0.3 is 11.9 Å². The Bertz CT molecular complexity index is 1030. The van der Waals surface area contributed by atoms with E-state index >= 15 is 0 Å². The molecule has 146 valence electrons. The molecule has 0 heterocycles. The molecule has 0 spiro atoms. The summed E-state index contributed by atoms with van der Waals surface area (Å²) in [5.74, 6) is -3.47. The predicted octanol–water partition coefficient (Wildman–Crippen LogP) is 3.72. The summed E-state index contributed by atoms with van der Waals surface area (Å²) >= 11 is 0. The highest BCUT2D eigenvalue weighted by atomic mass is 16.4. The molecular weight excluding hydrogens is 366 g/mol. The number of nitrogens with one attached hydrogen (secondary N) is 1. The number of fused-ring (bicyclic) bond motifs is 3. The van der Waals surface area contributed by atoms with E-state index in [1.165, 1.54) is 6.92 Å². The molecule has 0 aromatic heterocycles. The van der Waals surface area contributed by atoms with Gasteiger partial charge in [-0.25, -0.2) is 0 Å². The molecular formula is C24H21NO4. The standard InChI is InChI=1S/C24H21NO4/c1-15(22(26)27)21(23(28)29)25-24(16-9-3-2-4-10-16)19-13-7-5-11-17(19)18-12-6-8-14-20(18)24/h2-15,21,25H,1H3,(H,26,27)(H,28,29). The largest absolute Gasteiger partial charge is 0.481 e. The van der Waals surface area contributed by atoms with Crippen molar-refractivity contribution in [3.63, 3.8) is 0 Å². The normalized spacial score (nSPS) is 15.8. The number of aliphatic carboxylic acids is 2. The fourth-order valence-corrected chi connectivity index (χ4v) is 4.25. The Hall–Kier alpha value is -3.44. The Morgan fingerprint density at radius 1 is 0.759 bits per heavy atom. The molecule has 1 aliphatic rings. The molecule has 3 aromatic carbocycles. The molecule has 0 aliphatic heterocycles. The quantitative estimate of drug-likeness (QED) is 0.600. The van der Waals surface area contributed by atoms with Gasteiger partial charge in [0.05, 0.1) is 11.5 Å². The van der Waals surface area contributed by atoms with E-state index in [4.69, 9.17) is 0 Å². The van der Waals surface area contributed by atoms with E-state index in [-0.39, 0.29) is 0 Å². The first-order chi connectivity index (χ1) is 14.0. The summed E-state index contributed by atoms with van der Waals surface area (Å²) in [6.07, 6.45) is 0. The number of carboxylic acids is 2. The minimum atomic E-state index is -1.29. The maximum atomic E-state index is 12.1. The zero-order valence-electron chi connectivity index (χ0n) is 15.9. The summed E-state index contributed by atoms with van der Waals surface area (Å²) < 4.78 is 0. The van der Waals surface area contributed by atoms with Crippen molar-refractivity contribution in [2.24, 2.45) is 5.92 Å². The van der Waals surface area contributed by atoms with Crippen LogP contribution < -0.4 is 5.32 Å². The Morgan fingerprint density at radius 2 is 1.24 bits per heavy atom. The zero-order valence-corrected chi connectivity index (χ0v) is 15.9. The molecule has 0 radical (unpaired) electrons. The third kappa shape index (κ3) is 2.91. The van der Waals surface area contributed by atoms with Crippen molar-refractivity contribution in [2.75, 3.05) is 0 Å². The predicted molar refractivity (Wildman–Crippen MR) is 110 cm³/mol. The zero-order chi connectivity index (χ0) is 20.6. The van der Waals surface area contributed by atoms with Crippen LogP contribution in [0.3, 0.4) is 0 Å². The molecule has 3 N–H and O–H groups in total. The lowest BCUT2D eigenvalue weighted by Crippen LogP contribution is -2.55. The van der Waals surface area contributed by atoms with E-state index in [0.29, 0.717) is 0 Å². The van der Waals surface area contributed by atoms with Crippen molar-refractivity contribution in [1.29, 1.82) is 0 Å². The minimum Gasteiger partial charge on any atom is -0.481 e. The van der Waals surface area contributed by atoms with Crippen LogP contribution in [0, 0.1) is 5.92 Å². The SMILES string of the molecule is CC(C(=O)O)C(NC1(c2ccccc2)c2ccccc2-c2ccccc21)C(=O)O. The number of carboxylic acid groups (broad SMARTS) is 2. The van der Waals surface area contributed by atoms with Crippen molar-refractivity contribution in [1.82, 2.24) is 5.32 Å². The average molecular weight is 387 g/mol. The van der Waals surface area contributed by atoms with Crippen molar-refractivity contribution in [2.45, 2.75) is 18.5 Å². The van der Waals surface area contributed by atoms with E-state index in [1.54, 1.807) is 0 Å². The van der Waals surface area contributed by atoms with E-state index in [1.807, 2.05) is 78.9 Å². The molecule has 0 amide bonds. The fourth-order valence-electron chi connectivity index (χ4n) is 4.25. The lowest BCUT2D eigenvalue weighted by Gasteiger charge is -2.37. The van der Waals surface area contributed by atoms with Gasteiger partial charge in [0.2, 0.25) is 0 Å². The highest BCUT2D eigenvalue weighted by Crippen LogP contribution is 2.51. The van der Waals surface area contributed by atoms with Crippen LogP contribution in [0.25, 0.3) is 11.1 Å². The van der Waals surface area contributed by atoms with Crippen LogP contribution in [0.2, 0.25) is 0 Å². The topological polar surface area (TPSA) is 86.6 Å². The van der Waals surface area contributed by atoms with Crippen LogP contribution in [0.5, 0.6) is 0 Å². The van der Waals surface area contributed by atoms with Gasteiger partial charge in [0.1, 0.15) is 6.04 Å². The molecule has 0 fully saturated rings. The summed E-state index contributed by atoms with van der Waals surface area (Å²) in [6.45, 7) is 1.42. The first-order valence-electron chi connectivity index (χ1n) is 9.45. The van der Waals surface area contributed by atoms with E-state index in [2.05, 4.69) is 5.32 Å². The van der Waals surface area contributed by atoms with Gasteiger partial charge in [-0.05, 0) is 34.7 Å². The number of carbonyl (C=O) groups is 2. The lowest BCUT2D eigenvalue weighted by molar-refractivity contribution is -0.150. The highest BCUT2D eigenvalue weighted by molar-refractivity contribution is 5.86. The van der Waals surface area contributed by atoms with Gasteiger partial charge in [0.15, 0.2) is 0 Å². The second-order valence-electron chi connectivity index (χ2n) is 7.29. The van der Waals surface area contributed by atoms with Crippen LogP contribution in [-0.2, 0) is 15.1 Å². The Labute approximate surface area is 168 Å². The third-order valence-corrected chi connectivity index (χ3v) is 5.69. The highest BCUT2D eigenvalue weighted by Gasteiger charge is 2.48. The molecule has 2 unspecified atom stereocenters. The maximum Gasteiger partial charge on any atom is 0.321 e. The van der Waals surface area contributed by atoms with Gasteiger partial charge in [-0.2, -0.15) is 0 Å². The maximum absolute atomic E-state index is 12.1. The van der Waals surface area contributed by atoms with Gasteiger partial charge in [0.25, 0.3) is 0 Å². The number of hydrogen-bond donors (Lipinski definition) is 3. The lowest BCUT2D eigenvalue weighted by atomic mass is 9.79. The van der Waals surface area contributed by atoms with Crippen molar-refractivity contribution < 1.29 is 19.8 Å². The monoisotopic (exact) mass is 387 g/mol. The third-order valence-electron chi connectivity index (χ3n) is 5.69. The number of rotatable bonds is 6. The van der Waals surface area contributed by atoms with Gasteiger partial charge in [-0.15, -0.1) is 0 Å². The molecule has 1 aliphatic carbocycles. The summed E-state index contributed by atoms with van der Waals surface area (Å²) in [5.41, 5.74) is 3.73. The van der Waals surface area contributed by atoms with Crippen LogP contribution in [-0.4, -0.2) is 28.2 Å². The number of hydrogen-bond acceptors (Lipinski definition) is 3. The average Bonchev–Trinajstić information content (AvgIpc) is 3.03. The first kappa shape index (κ1) is 18.9. The molecule has 0 saturated carbocycles. The van der Waals surface area contributed by atoms with Crippen LogP contribution in [0.4, 0.5) is 0 Å². The Kier molecular flexibility index (Phi) is 4.68. The van der Waals surface area contributed by atoms with E-state index in [9.17, 15) is 19.8 Å². The molecule has 3 aromatic rings. The second-order valence-corrected chi connectivity index (χ2v) is 7.29. The smallest absolute Gasteiger partial charge is 0.321 e. The molecule has 4 rings (SSSR count).